The number of rotatable bonds is 4. The first kappa shape index (κ1) is 19.6. The van der Waals surface area contributed by atoms with E-state index < -0.39 is 29.6 Å². The standard InChI is InChI=1S/C19H20BrF2N3O2/c1-27-13-8-15(21)18(16(22)9-13)14-6-7-23-10-17(14)25-19(26)24-12-4-2-11(20)3-5-12/h2-5,8-9,14,17,23H,6-7,10H2,1H3,(H2,24,25,26)/t14-,17-/m1/s1. The highest BCUT2D eigenvalue weighted by Crippen LogP contribution is 2.32. The van der Waals surface area contributed by atoms with Gasteiger partial charge in [-0.2, -0.15) is 0 Å². The first-order valence-electron chi connectivity index (χ1n) is 8.54. The van der Waals surface area contributed by atoms with Crippen molar-refractivity contribution in [2.45, 2.75) is 18.4 Å². The van der Waals surface area contributed by atoms with Crippen LogP contribution in [0.3, 0.4) is 0 Å². The number of urea groups is 1. The minimum Gasteiger partial charge on any atom is -0.497 e. The molecule has 8 heteroatoms. The highest BCUT2D eigenvalue weighted by Gasteiger charge is 2.32. The zero-order valence-corrected chi connectivity index (χ0v) is 16.3. The maximum atomic E-state index is 14.5. The van der Waals surface area contributed by atoms with Crippen molar-refractivity contribution < 1.29 is 18.3 Å². The summed E-state index contributed by atoms with van der Waals surface area (Å²) in [6.07, 6.45) is 0.503. The van der Waals surface area contributed by atoms with Crippen LogP contribution in [0.2, 0.25) is 0 Å². The molecule has 2 aromatic rings. The van der Waals surface area contributed by atoms with Crippen LogP contribution in [0.1, 0.15) is 17.9 Å². The lowest BCUT2D eigenvalue weighted by Gasteiger charge is -2.33. The molecule has 5 nitrogen and oxygen atoms in total. The summed E-state index contributed by atoms with van der Waals surface area (Å²) in [5, 5.41) is 8.71. The van der Waals surface area contributed by atoms with Crippen LogP contribution < -0.4 is 20.7 Å². The molecule has 1 fully saturated rings. The van der Waals surface area contributed by atoms with Gasteiger partial charge in [-0.1, -0.05) is 15.9 Å². The Morgan fingerprint density at radius 3 is 2.52 bits per heavy atom. The summed E-state index contributed by atoms with van der Waals surface area (Å²) < 4.78 is 34.8. The number of carbonyl (C=O) groups excluding carboxylic acids is 1. The Morgan fingerprint density at radius 1 is 1.22 bits per heavy atom. The molecule has 3 rings (SSSR count). The molecule has 3 N–H and O–H groups in total. The third kappa shape index (κ3) is 4.75. The fourth-order valence-electron chi connectivity index (χ4n) is 3.26. The molecule has 1 heterocycles. The zero-order valence-electron chi connectivity index (χ0n) is 14.7. The number of anilines is 1. The van der Waals surface area contributed by atoms with Gasteiger partial charge in [0.15, 0.2) is 0 Å². The minimum absolute atomic E-state index is 0.0220. The maximum Gasteiger partial charge on any atom is 0.319 e. The molecule has 0 saturated carbocycles. The summed E-state index contributed by atoms with van der Waals surface area (Å²) in [6, 6.07) is 8.58. The molecule has 1 saturated heterocycles. The predicted octanol–water partition coefficient (Wildman–Crippen LogP) is 4.00. The van der Waals surface area contributed by atoms with Gasteiger partial charge >= 0.3 is 6.03 Å². The average Bonchev–Trinajstić information content (AvgIpc) is 2.64. The molecule has 27 heavy (non-hydrogen) atoms. The predicted molar refractivity (Wildman–Crippen MR) is 103 cm³/mol. The molecule has 0 radical (unpaired) electrons. The van der Waals surface area contributed by atoms with Gasteiger partial charge in [-0.15, -0.1) is 0 Å². The molecule has 2 amide bonds. The van der Waals surface area contributed by atoms with E-state index in [2.05, 4.69) is 31.9 Å². The van der Waals surface area contributed by atoms with Crippen molar-refractivity contribution >= 4 is 27.6 Å². The number of nitrogens with one attached hydrogen (secondary N) is 3. The Balaban J connectivity index is 1.76. The van der Waals surface area contributed by atoms with Crippen LogP contribution in [0.15, 0.2) is 40.9 Å². The van der Waals surface area contributed by atoms with Gasteiger partial charge in [-0.25, -0.2) is 13.6 Å². The second kappa shape index (κ2) is 8.67. The quantitative estimate of drug-likeness (QED) is 0.674. The average molecular weight is 440 g/mol. The fourth-order valence-corrected chi connectivity index (χ4v) is 3.52. The third-order valence-corrected chi connectivity index (χ3v) is 5.09. The van der Waals surface area contributed by atoms with Crippen LogP contribution in [-0.2, 0) is 0 Å². The largest absolute Gasteiger partial charge is 0.497 e. The van der Waals surface area contributed by atoms with Gasteiger partial charge in [0, 0.05) is 40.3 Å². The van der Waals surface area contributed by atoms with Gasteiger partial charge in [0.25, 0.3) is 0 Å². The molecule has 1 aliphatic heterocycles. The molecule has 0 spiro atoms. The first-order chi connectivity index (χ1) is 13.0. The van der Waals surface area contributed by atoms with Crippen molar-refractivity contribution in [2.75, 3.05) is 25.5 Å². The Morgan fingerprint density at radius 2 is 1.89 bits per heavy atom. The van der Waals surface area contributed by atoms with Gasteiger partial charge < -0.3 is 20.7 Å². The minimum atomic E-state index is -0.668. The number of carbonyl (C=O) groups is 1. The fraction of sp³-hybridized carbons (Fsp3) is 0.316. The molecule has 0 unspecified atom stereocenters. The summed E-state index contributed by atoms with van der Waals surface area (Å²) in [6.45, 7) is 1.03. The van der Waals surface area contributed by atoms with Crippen LogP contribution >= 0.6 is 15.9 Å². The zero-order chi connectivity index (χ0) is 19.4. The maximum absolute atomic E-state index is 14.5. The molecule has 2 atom stereocenters. The van der Waals surface area contributed by atoms with Crippen molar-refractivity contribution in [3.8, 4) is 5.75 Å². The van der Waals surface area contributed by atoms with Crippen molar-refractivity contribution in [3.05, 3.63) is 58.1 Å². The number of hydrogen-bond donors (Lipinski definition) is 3. The molecule has 1 aliphatic rings. The van der Waals surface area contributed by atoms with E-state index >= 15 is 0 Å². The Bertz CT molecular complexity index is 794. The van der Waals surface area contributed by atoms with Crippen molar-refractivity contribution in [3.63, 3.8) is 0 Å². The smallest absolute Gasteiger partial charge is 0.319 e. The van der Waals surface area contributed by atoms with Crippen LogP contribution in [0.5, 0.6) is 5.75 Å². The monoisotopic (exact) mass is 439 g/mol. The van der Waals surface area contributed by atoms with E-state index in [0.29, 0.717) is 25.2 Å². The molecular formula is C19H20BrF2N3O2. The summed E-state index contributed by atoms with van der Waals surface area (Å²) in [4.78, 5) is 12.3. The Hall–Kier alpha value is -2.19. The second-order valence-corrected chi connectivity index (χ2v) is 7.23. The summed E-state index contributed by atoms with van der Waals surface area (Å²) in [7, 11) is 1.36. The third-order valence-electron chi connectivity index (χ3n) is 4.56. The molecule has 0 aliphatic carbocycles. The van der Waals surface area contributed by atoms with E-state index in [1.54, 1.807) is 12.1 Å². The lowest BCUT2D eigenvalue weighted by molar-refractivity contribution is 0.241. The normalized spacial score (nSPS) is 19.4. The second-order valence-electron chi connectivity index (χ2n) is 6.32. The summed E-state index contributed by atoms with van der Waals surface area (Å²) in [5.41, 5.74) is 0.601. The van der Waals surface area contributed by atoms with Gasteiger partial charge in [-0.3, -0.25) is 0 Å². The van der Waals surface area contributed by atoms with Crippen LogP contribution in [-0.4, -0.2) is 32.3 Å². The van der Waals surface area contributed by atoms with E-state index in [1.807, 2.05) is 12.1 Å². The van der Waals surface area contributed by atoms with E-state index in [9.17, 15) is 13.6 Å². The van der Waals surface area contributed by atoms with E-state index in [-0.39, 0.29) is 11.3 Å². The van der Waals surface area contributed by atoms with Crippen LogP contribution in [0, 0.1) is 11.6 Å². The van der Waals surface area contributed by atoms with Gasteiger partial charge in [0.2, 0.25) is 0 Å². The van der Waals surface area contributed by atoms with Gasteiger partial charge in [0.1, 0.15) is 17.4 Å². The SMILES string of the molecule is COc1cc(F)c([C@@H]2CCNC[C@H]2NC(=O)Nc2ccc(Br)cc2)c(F)c1. The van der Waals surface area contributed by atoms with E-state index in [0.717, 1.165) is 4.47 Å². The Kier molecular flexibility index (Phi) is 6.28. The number of halogens is 3. The number of benzene rings is 2. The summed E-state index contributed by atoms with van der Waals surface area (Å²) in [5.74, 6) is -1.69. The van der Waals surface area contributed by atoms with Crippen LogP contribution in [0.4, 0.5) is 19.3 Å². The summed E-state index contributed by atoms with van der Waals surface area (Å²) >= 11 is 3.33. The lowest BCUT2D eigenvalue weighted by Crippen LogP contribution is -2.51. The molecule has 144 valence electrons. The number of amides is 2. The molecular weight excluding hydrogens is 420 g/mol. The highest BCUT2D eigenvalue weighted by atomic mass is 79.9. The van der Waals surface area contributed by atoms with E-state index in [4.69, 9.17) is 4.74 Å². The number of methoxy groups -OCH3 is 1. The number of piperidine rings is 1. The van der Waals surface area contributed by atoms with Crippen molar-refractivity contribution in [2.24, 2.45) is 0 Å². The molecule has 0 bridgehead atoms. The van der Waals surface area contributed by atoms with E-state index in [1.165, 1.54) is 19.2 Å². The van der Waals surface area contributed by atoms with Crippen molar-refractivity contribution in [1.82, 2.24) is 10.6 Å². The Labute approximate surface area is 164 Å². The highest BCUT2D eigenvalue weighted by molar-refractivity contribution is 9.10. The lowest BCUT2D eigenvalue weighted by atomic mass is 9.85. The molecule has 2 aromatic carbocycles. The van der Waals surface area contributed by atoms with Crippen molar-refractivity contribution in [1.29, 1.82) is 0 Å². The number of ether oxygens (including phenoxy) is 1. The number of hydrogen-bond acceptors (Lipinski definition) is 3. The van der Waals surface area contributed by atoms with Crippen LogP contribution in [0.25, 0.3) is 0 Å². The molecule has 0 aromatic heterocycles. The van der Waals surface area contributed by atoms with Gasteiger partial charge in [0.05, 0.1) is 13.2 Å². The first-order valence-corrected chi connectivity index (χ1v) is 9.34. The van der Waals surface area contributed by atoms with Gasteiger partial charge in [-0.05, 0) is 37.2 Å². The topological polar surface area (TPSA) is 62.4 Å².